The molecule has 1 amide bonds. The lowest BCUT2D eigenvalue weighted by atomic mass is 10.0. The molecule has 31 heavy (non-hydrogen) atoms. The fraction of sp³-hybridized carbons (Fsp3) is 0.217. The van der Waals surface area contributed by atoms with Crippen LogP contribution in [0.4, 0.5) is 5.82 Å². The third-order valence-corrected chi connectivity index (χ3v) is 6.19. The third kappa shape index (κ3) is 5.00. The Morgan fingerprint density at radius 1 is 1.16 bits per heavy atom. The van der Waals surface area contributed by atoms with Gasteiger partial charge < -0.3 is 10.2 Å². The summed E-state index contributed by atoms with van der Waals surface area (Å²) in [4.78, 5) is 36.8. The van der Waals surface area contributed by atoms with E-state index in [4.69, 9.17) is 11.6 Å². The number of aliphatic imine (C=N–C) groups is 1. The van der Waals surface area contributed by atoms with E-state index < -0.39 is 0 Å². The maximum absolute atomic E-state index is 12.8. The Balaban J connectivity index is 1.44. The van der Waals surface area contributed by atoms with Crippen molar-refractivity contribution in [2.24, 2.45) is 4.99 Å². The molecule has 0 fully saturated rings. The molecule has 0 aliphatic carbocycles. The highest BCUT2D eigenvalue weighted by molar-refractivity contribution is 7.12. The minimum absolute atomic E-state index is 0.0393. The van der Waals surface area contributed by atoms with Crippen LogP contribution in [0.1, 0.15) is 37.6 Å². The molecule has 1 aliphatic rings. The number of halogens is 1. The summed E-state index contributed by atoms with van der Waals surface area (Å²) in [7, 11) is 2.03. The first-order chi connectivity index (χ1) is 15.0. The number of nitrogens with zero attached hydrogens (tertiary/aromatic N) is 3. The maximum atomic E-state index is 12.8. The second-order valence-electron chi connectivity index (χ2n) is 7.25. The van der Waals surface area contributed by atoms with Gasteiger partial charge in [0.25, 0.3) is 5.91 Å². The number of amidine groups is 1. The van der Waals surface area contributed by atoms with Crippen molar-refractivity contribution >= 4 is 46.3 Å². The van der Waals surface area contributed by atoms with Gasteiger partial charge in [-0.25, -0.2) is 4.98 Å². The molecule has 8 heteroatoms. The van der Waals surface area contributed by atoms with E-state index in [0.717, 1.165) is 30.9 Å². The molecule has 0 saturated carbocycles. The molecule has 3 heterocycles. The van der Waals surface area contributed by atoms with Gasteiger partial charge in [0.15, 0.2) is 5.78 Å². The second-order valence-corrected chi connectivity index (χ2v) is 8.60. The van der Waals surface area contributed by atoms with Gasteiger partial charge in [-0.3, -0.25) is 14.6 Å². The highest BCUT2D eigenvalue weighted by Crippen LogP contribution is 2.21. The first-order valence-electron chi connectivity index (χ1n) is 9.90. The fourth-order valence-electron chi connectivity index (χ4n) is 3.41. The van der Waals surface area contributed by atoms with Crippen LogP contribution in [0.2, 0.25) is 5.02 Å². The van der Waals surface area contributed by atoms with Gasteiger partial charge in [-0.05, 0) is 35.6 Å². The van der Waals surface area contributed by atoms with E-state index in [2.05, 4.69) is 20.2 Å². The fourth-order valence-corrected chi connectivity index (χ4v) is 4.34. The van der Waals surface area contributed by atoms with Crippen LogP contribution in [-0.4, -0.2) is 47.5 Å². The van der Waals surface area contributed by atoms with Gasteiger partial charge in [0.1, 0.15) is 11.7 Å². The zero-order chi connectivity index (χ0) is 21.8. The summed E-state index contributed by atoms with van der Waals surface area (Å²) in [6.45, 7) is 1.81. The maximum Gasteiger partial charge on any atom is 0.267 e. The molecule has 4 rings (SSSR count). The number of pyridine rings is 1. The number of nitrogens with one attached hydrogen (secondary N) is 1. The van der Waals surface area contributed by atoms with E-state index >= 15 is 0 Å². The first kappa shape index (κ1) is 21.2. The van der Waals surface area contributed by atoms with Crippen LogP contribution in [0.3, 0.4) is 0 Å². The lowest BCUT2D eigenvalue weighted by Gasteiger charge is -2.25. The molecule has 2 aromatic heterocycles. The van der Waals surface area contributed by atoms with Crippen molar-refractivity contribution in [3.63, 3.8) is 0 Å². The van der Waals surface area contributed by atoms with Crippen LogP contribution in [0.5, 0.6) is 0 Å². The van der Waals surface area contributed by atoms with Gasteiger partial charge in [0.05, 0.1) is 9.90 Å². The van der Waals surface area contributed by atoms with Crippen molar-refractivity contribution in [2.45, 2.75) is 12.8 Å². The molecular weight excluding hydrogens is 432 g/mol. The molecule has 158 valence electrons. The minimum Gasteiger partial charge on any atom is -0.359 e. The highest BCUT2D eigenvalue weighted by atomic mass is 35.5. The monoisotopic (exact) mass is 452 g/mol. The second kappa shape index (κ2) is 9.41. The number of carbonyl (C=O) groups excluding carboxylic acids is 2. The Hall–Kier alpha value is -3.03. The number of ketones is 1. The molecule has 0 atom stereocenters. The van der Waals surface area contributed by atoms with Gasteiger partial charge in [0, 0.05) is 43.9 Å². The molecule has 6 nitrogen and oxygen atoms in total. The average molecular weight is 453 g/mol. The smallest absolute Gasteiger partial charge is 0.267 e. The number of Topliss-reactive ketones (excluding diaryl/α,β-unsaturated/α-hetero) is 1. The normalized spacial score (nSPS) is 13.6. The molecule has 1 aromatic carbocycles. The number of carbonyl (C=O) groups is 2. The summed E-state index contributed by atoms with van der Waals surface area (Å²) >= 11 is 7.13. The number of amides is 1. The topological polar surface area (TPSA) is 74.7 Å². The number of thiophene rings is 1. The largest absolute Gasteiger partial charge is 0.359 e. The third-order valence-electron chi connectivity index (χ3n) is 5.01. The number of rotatable bonds is 6. The number of hydrogen-bond acceptors (Lipinski definition) is 6. The van der Waals surface area contributed by atoms with Gasteiger partial charge in [0.2, 0.25) is 0 Å². The Labute approximate surface area is 189 Å². The van der Waals surface area contributed by atoms with Gasteiger partial charge in [-0.1, -0.05) is 35.9 Å². The SMILES string of the molecule is CN1CCCN=C1c1ccc(C(=O)Cc2ccsc2C(=O)Nc2ccc(Cl)cn2)cc1. The van der Waals surface area contributed by atoms with E-state index in [1.165, 1.54) is 17.5 Å². The summed E-state index contributed by atoms with van der Waals surface area (Å²) in [6, 6.07) is 12.6. The van der Waals surface area contributed by atoms with Crippen LogP contribution in [-0.2, 0) is 6.42 Å². The van der Waals surface area contributed by atoms with E-state index in [0.29, 0.717) is 26.8 Å². The van der Waals surface area contributed by atoms with Gasteiger partial charge in [-0.2, -0.15) is 0 Å². The summed E-state index contributed by atoms with van der Waals surface area (Å²) in [5.41, 5.74) is 2.31. The quantitative estimate of drug-likeness (QED) is 0.556. The van der Waals surface area contributed by atoms with Crippen LogP contribution in [0.25, 0.3) is 0 Å². The summed E-state index contributed by atoms with van der Waals surface area (Å²) in [5, 5.41) is 5.05. The molecular formula is C23H21ClN4O2S. The van der Waals surface area contributed by atoms with E-state index in [1.807, 2.05) is 42.8 Å². The highest BCUT2D eigenvalue weighted by Gasteiger charge is 2.18. The van der Waals surface area contributed by atoms with Crippen molar-refractivity contribution in [3.8, 4) is 0 Å². The lowest BCUT2D eigenvalue weighted by molar-refractivity contribution is 0.0993. The molecule has 0 radical (unpaired) electrons. The van der Waals surface area contributed by atoms with Crippen LogP contribution < -0.4 is 5.32 Å². The number of aromatic nitrogens is 1. The predicted octanol–water partition coefficient (Wildman–Crippen LogP) is 4.56. The Bertz CT molecular complexity index is 1120. The van der Waals surface area contributed by atoms with E-state index in [1.54, 1.807) is 12.1 Å². The van der Waals surface area contributed by atoms with Crippen molar-refractivity contribution in [3.05, 3.63) is 80.6 Å². The number of hydrogen-bond donors (Lipinski definition) is 1. The molecule has 1 N–H and O–H groups in total. The molecule has 0 bridgehead atoms. The van der Waals surface area contributed by atoms with Crippen molar-refractivity contribution in [1.29, 1.82) is 0 Å². The van der Waals surface area contributed by atoms with Crippen LogP contribution >= 0.6 is 22.9 Å². The summed E-state index contributed by atoms with van der Waals surface area (Å²) in [6.07, 6.45) is 2.68. The van der Waals surface area contributed by atoms with Crippen LogP contribution in [0.15, 0.2) is 59.0 Å². The van der Waals surface area contributed by atoms with Crippen LogP contribution in [0, 0.1) is 0 Å². The van der Waals surface area contributed by atoms with E-state index in [-0.39, 0.29) is 18.1 Å². The predicted molar refractivity (Wildman–Crippen MR) is 125 cm³/mol. The van der Waals surface area contributed by atoms with Crippen molar-refractivity contribution < 1.29 is 9.59 Å². The summed E-state index contributed by atoms with van der Waals surface area (Å²) < 4.78 is 0. The molecule has 0 saturated heterocycles. The number of anilines is 1. The Morgan fingerprint density at radius 3 is 2.68 bits per heavy atom. The zero-order valence-corrected chi connectivity index (χ0v) is 18.5. The van der Waals surface area contributed by atoms with Crippen molar-refractivity contribution in [1.82, 2.24) is 9.88 Å². The Morgan fingerprint density at radius 2 is 1.97 bits per heavy atom. The zero-order valence-electron chi connectivity index (χ0n) is 17.0. The molecule has 3 aromatic rings. The van der Waals surface area contributed by atoms with E-state index in [9.17, 15) is 9.59 Å². The minimum atomic E-state index is -0.290. The molecule has 1 aliphatic heterocycles. The Kier molecular flexibility index (Phi) is 6.44. The van der Waals surface area contributed by atoms with Gasteiger partial charge >= 0.3 is 0 Å². The lowest BCUT2D eigenvalue weighted by Crippen LogP contribution is -2.32. The molecule has 0 unspecified atom stereocenters. The first-order valence-corrected chi connectivity index (χ1v) is 11.2. The number of benzene rings is 1. The average Bonchev–Trinajstić information content (AvgIpc) is 3.24. The van der Waals surface area contributed by atoms with Crippen molar-refractivity contribution in [2.75, 3.05) is 25.5 Å². The summed E-state index contributed by atoms with van der Waals surface area (Å²) in [5.74, 6) is 1.04. The standard InChI is InChI=1S/C23H21ClN4O2S/c1-28-11-2-10-25-22(28)16-5-3-15(4-6-16)19(29)13-17-9-12-31-21(17)23(30)27-20-8-7-18(24)14-26-20/h3-9,12,14H,2,10-11,13H2,1H3,(H,26,27,30). The van der Waals surface area contributed by atoms with Gasteiger partial charge in [-0.15, -0.1) is 11.3 Å². The molecule has 0 spiro atoms.